The topological polar surface area (TPSA) is 32.3 Å². The molecule has 1 amide bonds. The minimum atomic E-state index is -0.355. The number of carbonyl (C=O) groups excluding carboxylic acids is 1. The minimum Gasteiger partial charge on any atom is -0.326 e. The van der Waals surface area contributed by atoms with Gasteiger partial charge in [0.25, 0.3) is 0 Å². The van der Waals surface area contributed by atoms with Gasteiger partial charge in [-0.25, -0.2) is 4.39 Å². The molecular formula is C21H21FN2O. The van der Waals surface area contributed by atoms with Crippen LogP contribution in [0.3, 0.4) is 0 Å². The molecule has 25 heavy (non-hydrogen) atoms. The number of carbonyl (C=O) groups is 1. The molecule has 3 rings (SSSR count). The highest BCUT2D eigenvalue weighted by molar-refractivity contribution is 5.90. The monoisotopic (exact) mass is 336 g/mol. The zero-order valence-corrected chi connectivity index (χ0v) is 14.2. The Morgan fingerprint density at radius 2 is 1.80 bits per heavy atom. The summed E-state index contributed by atoms with van der Waals surface area (Å²) in [5, 5.41) is 5.17. The van der Waals surface area contributed by atoms with Crippen LogP contribution in [-0.4, -0.2) is 24.4 Å². The van der Waals surface area contributed by atoms with Crippen LogP contribution in [0.15, 0.2) is 66.7 Å². The van der Waals surface area contributed by atoms with Crippen molar-refractivity contribution < 1.29 is 9.18 Å². The molecule has 0 atom stereocenters. The maximum atomic E-state index is 13.1. The third kappa shape index (κ3) is 4.88. The predicted molar refractivity (Wildman–Crippen MR) is 99.9 cm³/mol. The van der Waals surface area contributed by atoms with Crippen LogP contribution in [0.25, 0.3) is 10.8 Å². The number of nitrogens with zero attached hydrogens (tertiary/aromatic N) is 1. The molecular weight excluding hydrogens is 315 g/mol. The molecule has 0 heterocycles. The number of amides is 1. The van der Waals surface area contributed by atoms with E-state index >= 15 is 0 Å². The number of anilines is 1. The van der Waals surface area contributed by atoms with Gasteiger partial charge in [-0.1, -0.05) is 42.5 Å². The molecule has 0 unspecified atom stereocenters. The van der Waals surface area contributed by atoms with Crippen LogP contribution in [0.1, 0.15) is 12.0 Å². The van der Waals surface area contributed by atoms with Crippen molar-refractivity contribution in [3.05, 3.63) is 78.1 Å². The zero-order chi connectivity index (χ0) is 17.6. The van der Waals surface area contributed by atoms with Crippen molar-refractivity contribution >= 4 is 22.4 Å². The molecule has 0 spiro atoms. The fourth-order valence-corrected chi connectivity index (χ4v) is 2.81. The fraction of sp³-hybridized carbons (Fsp3) is 0.190. The lowest BCUT2D eigenvalue weighted by Gasteiger charge is -2.17. The van der Waals surface area contributed by atoms with E-state index in [1.165, 1.54) is 28.5 Å². The van der Waals surface area contributed by atoms with Gasteiger partial charge in [-0.05, 0) is 47.6 Å². The third-order valence-corrected chi connectivity index (χ3v) is 4.10. The van der Waals surface area contributed by atoms with Crippen molar-refractivity contribution in [1.29, 1.82) is 0 Å². The van der Waals surface area contributed by atoms with Gasteiger partial charge in [0.15, 0.2) is 0 Å². The number of fused-ring (bicyclic) bond motifs is 1. The average Bonchev–Trinajstić information content (AvgIpc) is 2.60. The van der Waals surface area contributed by atoms with Gasteiger partial charge >= 0.3 is 0 Å². The maximum absolute atomic E-state index is 13.1. The number of nitrogens with one attached hydrogen (secondary N) is 1. The Balaban J connectivity index is 1.51. The Labute approximate surface area is 147 Å². The first-order valence-electron chi connectivity index (χ1n) is 8.32. The van der Waals surface area contributed by atoms with Crippen molar-refractivity contribution in [1.82, 2.24) is 4.90 Å². The summed E-state index contributed by atoms with van der Waals surface area (Å²) in [5.41, 5.74) is 1.70. The Morgan fingerprint density at radius 3 is 2.60 bits per heavy atom. The molecule has 128 valence electrons. The van der Waals surface area contributed by atoms with Gasteiger partial charge < -0.3 is 10.2 Å². The van der Waals surface area contributed by atoms with Crippen LogP contribution in [-0.2, 0) is 11.3 Å². The van der Waals surface area contributed by atoms with Gasteiger partial charge in [-0.2, -0.15) is 0 Å². The quantitative estimate of drug-likeness (QED) is 0.722. The summed E-state index contributed by atoms with van der Waals surface area (Å²) in [4.78, 5) is 14.1. The first-order chi connectivity index (χ1) is 12.1. The highest BCUT2D eigenvalue weighted by Gasteiger charge is 2.07. The highest BCUT2D eigenvalue weighted by atomic mass is 19.1. The smallest absolute Gasteiger partial charge is 0.225 e. The molecule has 0 aromatic heterocycles. The lowest BCUT2D eigenvalue weighted by molar-refractivity contribution is -0.116. The van der Waals surface area contributed by atoms with Crippen LogP contribution in [0.5, 0.6) is 0 Å². The lowest BCUT2D eigenvalue weighted by atomic mass is 10.1. The molecule has 3 aromatic carbocycles. The molecule has 3 nitrogen and oxygen atoms in total. The second-order valence-electron chi connectivity index (χ2n) is 6.23. The maximum Gasteiger partial charge on any atom is 0.225 e. The Morgan fingerprint density at radius 1 is 1.00 bits per heavy atom. The molecule has 0 bridgehead atoms. The summed E-state index contributed by atoms with van der Waals surface area (Å²) in [5.74, 6) is -0.470. The van der Waals surface area contributed by atoms with E-state index in [4.69, 9.17) is 0 Å². The van der Waals surface area contributed by atoms with E-state index in [9.17, 15) is 9.18 Å². The van der Waals surface area contributed by atoms with Gasteiger partial charge in [-0.3, -0.25) is 4.79 Å². The van der Waals surface area contributed by atoms with E-state index in [-0.39, 0.29) is 11.7 Å². The summed E-state index contributed by atoms with van der Waals surface area (Å²) < 4.78 is 13.1. The molecule has 0 saturated heterocycles. The van der Waals surface area contributed by atoms with Crippen molar-refractivity contribution in [2.24, 2.45) is 0 Å². The first kappa shape index (κ1) is 17.1. The average molecular weight is 336 g/mol. The van der Waals surface area contributed by atoms with Crippen molar-refractivity contribution in [2.75, 3.05) is 18.9 Å². The van der Waals surface area contributed by atoms with Crippen molar-refractivity contribution in [3.8, 4) is 0 Å². The Kier molecular flexibility index (Phi) is 5.41. The van der Waals surface area contributed by atoms with E-state index in [1.54, 1.807) is 12.1 Å². The van der Waals surface area contributed by atoms with Crippen molar-refractivity contribution in [2.45, 2.75) is 13.0 Å². The molecule has 0 aliphatic rings. The molecule has 0 aliphatic carbocycles. The Bertz CT molecular complexity index is 878. The van der Waals surface area contributed by atoms with Gasteiger partial charge in [0.2, 0.25) is 5.91 Å². The highest BCUT2D eigenvalue weighted by Crippen LogP contribution is 2.16. The van der Waals surface area contributed by atoms with E-state index < -0.39 is 0 Å². The fourth-order valence-electron chi connectivity index (χ4n) is 2.81. The molecule has 3 aromatic rings. The van der Waals surface area contributed by atoms with Gasteiger partial charge in [0.05, 0.1) is 0 Å². The number of hydrogen-bond donors (Lipinski definition) is 1. The third-order valence-electron chi connectivity index (χ3n) is 4.10. The van der Waals surface area contributed by atoms with E-state index in [0.29, 0.717) is 18.7 Å². The van der Waals surface area contributed by atoms with Crippen LogP contribution in [0.4, 0.5) is 10.1 Å². The van der Waals surface area contributed by atoms with Crippen molar-refractivity contribution in [3.63, 3.8) is 0 Å². The summed E-state index contributed by atoms with van der Waals surface area (Å²) in [6.07, 6.45) is 0.362. The normalized spacial score (nSPS) is 11.0. The molecule has 1 N–H and O–H groups in total. The molecule has 0 radical (unpaired) electrons. The largest absolute Gasteiger partial charge is 0.326 e. The summed E-state index contributed by atoms with van der Waals surface area (Å²) >= 11 is 0. The summed E-state index contributed by atoms with van der Waals surface area (Å²) in [6.45, 7) is 1.41. The van der Waals surface area contributed by atoms with Crippen LogP contribution < -0.4 is 5.32 Å². The lowest BCUT2D eigenvalue weighted by Crippen LogP contribution is -2.24. The van der Waals surface area contributed by atoms with E-state index in [2.05, 4.69) is 40.5 Å². The van der Waals surface area contributed by atoms with E-state index in [0.717, 1.165) is 6.54 Å². The standard InChI is InChI=1S/C21H21FN2O/c1-24(12-11-21(25)23-20-8-4-7-19(22)14-20)15-16-9-10-17-5-2-3-6-18(17)13-16/h2-10,13-14H,11-12,15H2,1H3,(H,23,25). The molecule has 4 heteroatoms. The second kappa shape index (κ2) is 7.90. The minimum absolute atomic E-state index is 0.115. The molecule has 0 aliphatic heterocycles. The predicted octanol–water partition coefficient (Wildman–Crippen LogP) is 4.44. The zero-order valence-electron chi connectivity index (χ0n) is 14.2. The second-order valence-corrected chi connectivity index (χ2v) is 6.23. The number of benzene rings is 3. The van der Waals surface area contributed by atoms with E-state index in [1.807, 2.05) is 19.2 Å². The van der Waals surface area contributed by atoms with Crippen LogP contribution in [0, 0.1) is 5.82 Å². The summed E-state index contributed by atoms with van der Waals surface area (Å²) in [6, 6.07) is 20.6. The van der Waals surface area contributed by atoms with Crippen LogP contribution >= 0.6 is 0 Å². The Hall–Kier alpha value is -2.72. The summed E-state index contributed by atoms with van der Waals surface area (Å²) in [7, 11) is 1.99. The van der Waals surface area contributed by atoms with Crippen LogP contribution in [0.2, 0.25) is 0 Å². The molecule has 0 saturated carbocycles. The SMILES string of the molecule is CN(CCC(=O)Nc1cccc(F)c1)Cc1ccc2ccccc2c1. The number of hydrogen-bond acceptors (Lipinski definition) is 2. The first-order valence-corrected chi connectivity index (χ1v) is 8.32. The number of rotatable bonds is 6. The van der Waals surface area contributed by atoms with Gasteiger partial charge in [0, 0.05) is 25.2 Å². The molecule has 0 fully saturated rings. The van der Waals surface area contributed by atoms with Gasteiger partial charge in [-0.15, -0.1) is 0 Å². The number of halogens is 1. The van der Waals surface area contributed by atoms with Gasteiger partial charge in [0.1, 0.15) is 5.82 Å².